The van der Waals surface area contributed by atoms with Crippen molar-refractivity contribution in [3.63, 3.8) is 0 Å². The zero-order valence-electron chi connectivity index (χ0n) is 10.0. The first-order valence-corrected chi connectivity index (χ1v) is 6.29. The Hall–Kier alpha value is -1.84. The normalized spacial score (nSPS) is 20.6. The van der Waals surface area contributed by atoms with Crippen molar-refractivity contribution < 1.29 is 14.7 Å². The van der Waals surface area contributed by atoms with Gasteiger partial charge in [-0.1, -0.05) is 24.6 Å². The minimum Gasteiger partial charge on any atom is -0.481 e. The Morgan fingerprint density at radius 1 is 1.28 bits per heavy atom. The van der Waals surface area contributed by atoms with Crippen LogP contribution in [0.3, 0.4) is 0 Å². The van der Waals surface area contributed by atoms with E-state index in [1.54, 1.807) is 0 Å². The van der Waals surface area contributed by atoms with Crippen molar-refractivity contribution >= 4 is 17.6 Å². The number of amides is 1. The van der Waals surface area contributed by atoms with Crippen LogP contribution >= 0.6 is 0 Å². The second-order valence-corrected chi connectivity index (χ2v) is 5.13. The molecular formula is C14H15NO3. The number of carboxylic acids is 1. The summed E-state index contributed by atoms with van der Waals surface area (Å²) in [5.74, 6) is -0.795. The maximum atomic E-state index is 11.6. The van der Waals surface area contributed by atoms with E-state index in [0.29, 0.717) is 25.7 Å². The number of aryl methyl sites for hydroxylation is 1. The van der Waals surface area contributed by atoms with Gasteiger partial charge in [-0.3, -0.25) is 9.59 Å². The molecule has 94 valence electrons. The first-order chi connectivity index (χ1) is 8.63. The molecule has 0 spiro atoms. The number of rotatable bonds is 2. The van der Waals surface area contributed by atoms with Gasteiger partial charge in [0.2, 0.25) is 5.91 Å². The summed E-state index contributed by atoms with van der Waals surface area (Å²) in [4.78, 5) is 23.1. The van der Waals surface area contributed by atoms with Gasteiger partial charge in [0, 0.05) is 12.1 Å². The highest BCUT2D eigenvalue weighted by Crippen LogP contribution is 2.48. The molecule has 0 radical (unpaired) electrons. The van der Waals surface area contributed by atoms with Gasteiger partial charge in [-0.2, -0.15) is 0 Å². The molecular weight excluding hydrogens is 230 g/mol. The van der Waals surface area contributed by atoms with E-state index in [0.717, 1.165) is 23.2 Å². The second kappa shape index (κ2) is 3.83. The number of para-hydroxylation sites is 1. The first kappa shape index (κ1) is 11.3. The van der Waals surface area contributed by atoms with E-state index >= 15 is 0 Å². The molecule has 4 nitrogen and oxygen atoms in total. The van der Waals surface area contributed by atoms with E-state index < -0.39 is 11.4 Å². The summed E-state index contributed by atoms with van der Waals surface area (Å²) in [6.07, 6.45) is 3.44. The first-order valence-electron chi connectivity index (χ1n) is 6.29. The second-order valence-electron chi connectivity index (χ2n) is 5.13. The number of benzene rings is 1. The summed E-state index contributed by atoms with van der Waals surface area (Å²) in [6.45, 7) is 0. The number of aliphatic carboxylic acids is 1. The predicted octanol–water partition coefficient (Wildman–Crippen LogP) is 2.08. The molecule has 1 aromatic carbocycles. The van der Waals surface area contributed by atoms with E-state index in [-0.39, 0.29) is 5.91 Å². The molecule has 2 aliphatic rings. The Morgan fingerprint density at radius 3 is 2.67 bits per heavy atom. The summed E-state index contributed by atoms with van der Waals surface area (Å²) >= 11 is 0. The molecule has 3 rings (SSSR count). The molecule has 1 heterocycles. The number of carbonyl (C=O) groups is 2. The van der Waals surface area contributed by atoms with E-state index in [4.69, 9.17) is 0 Å². The third-order valence-corrected chi connectivity index (χ3v) is 4.17. The number of nitrogens with one attached hydrogen (secondary N) is 1. The van der Waals surface area contributed by atoms with Crippen LogP contribution in [0.15, 0.2) is 18.2 Å². The smallest absolute Gasteiger partial charge is 0.314 e. The monoisotopic (exact) mass is 245 g/mol. The van der Waals surface area contributed by atoms with Crippen molar-refractivity contribution in [1.82, 2.24) is 0 Å². The molecule has 0 bridgehead atoms. The number of hydrogen-bond donors (Lipinski definition) is 2. The lowest BCUT2D eigenvalue weighted by atomic mass is 9.63. The third-order valence-electron chi connectivity index (χ3n) is 4.17. The van der Waals surface area contributed by atoms with Gasteiger partial charge in [0.05, 0.1) is 5.41 Å². The van der Waals surface area contributed by atoms with Crippen LogP contribution in [-0.2, 0) is 21.4 Å². The van der Waals surface area contributed by atoms with Crippen LogP contribution < -0.4 is 5.32 Å². The Labute approximate surface area is 105 Å². The number of carbonyl (C=O) groups excluding carboxylic acids is 1. The highest BCUT2D eigenvalue weighted by atomic mass is 16.4. The average Bonchev–Trinajstić information content (AvgIpc) is 2.27. The fourth-order valence-corrected chi connectivity index (χ4v) is 2.93. The van der Waals surface area contributed by atoms with Gasteiger partial charge in [-0.25, -0.2) is 0 Å². The molecule has 1 aliphatic carbocycles. The van der Waals surface area contributed by atoms with Crippen LogP contribution in [0.5, 0.6) is 0 Å². The van der Waals surface area contributed by atoms with Crippen LogP contribution in [0.25, 0.3) is 0 Å². The van der Waals surface area contributed by atoms with E-state index in [2.05, 4.69) is 5.32 Å². The zero-order valence-corrected chi connectivity index (χ0v) is 10.0. The third kappa shape index (κ3) is 1.45. The molecule has 1 aromatic rings. The highest BCUT2D eigenvalue weighted by Gasteiger charge is 2.47. The quantitative estimate of drug-likeness (QED) is 0.838. The minimum atomic E-state index is -0.782. The lowest BCUT2D eigenvalue weighted by molar-refractivity contribution is -0.147. The Bertz CT molecular complexity index is 532. The topological polar surface area (TPSA) is 66.4 Å². The van der Waals surface area contributed by atoms with E-state index in [1.807, 2.05) is 18.2 Å². The maximum absolute atomic E-state index is 11.6. The van der Waals surface area contributed by atoms with Crippen LogP contribution in [0, 0.1) is 0 Å². The number of carboxylic acid groups (broad SMARTS) is 1. The largest absolute Gasteiger partial charge is 0.481 e. The van der Waals surface area contributed by atoms with Crippen molar-refractivity contribution in [2.45, 2.75) is 37.5 Å². The van der Waals surface area contributed by atoms with Crippen molar-refractivity contribution in [3.8, 4) is 0 Å². The van der Waals surface area contributed by atoms with Gasteiger partial charge in [0.15, 0.2) is 0 Å². The van der Waals surface area contributed by atoms with Crippen LogP contribution in [0.2, 0.25) is 0 Å². The average molecular weight is 245 g/mol. The summed E-state index contributed by atoms with van der Waals surface area (Å²) in [5, 5.41) is 12.3. The van der Waals surface area contributed by atoms with Crippen LogP contribution in [0.1, 0.15) is 36.8 Å². The van der Waals surface area contributed by atoms with Gasteiger partial charge in [0.25, 0.3) is 0 Å². The molecule has 0 aromatic heterocycles. The molecule has 2 N–H and O–H groups in total. The molecule has 0 atom stereocenters. The Kier molecular flexibility index (Phi) is 2.40. The molecule has 1 fully saturated rings. The molecule has 0 unspecified atom stereocenters. The van der Waals surface area contributed by atoms with Crippen molar-refractivity contribution in [2.75, 3.05) is 5.32 Å². The SMILES string of the molecule is O=C1CCc2cccc(C3(C(=O)O)CCC3)c2N1. The molecule has 1 amide bonds. The van der Waals surface area contributed by atoms with Crippen LogP contribution in [0.4, 0.5) is 5.69 Å². The maximum Gasteiger partial charge on any atom is 0.314 e. The van der Waals surface area contributed by atoms with Gasteiger partial charge in [-0.15, -0.1) is 0 Å². The van der Waals surface area contributed by atoms with Crippen molar-refractivity contribution in [1.29, 1.82) is 0 Å². The molecule has 1 aliphatic heterocycles. The van der Waals surface area contributed by atoms with Gasteiger partial charge >= 0.3 is 5.97 Å². The van der Waals surface area contributed by atoms with Gasteiger partial charge in [0.1, 0.15) is 0 Å². The van der Waals surface area contributed by atoms with E-state index in [1.165, 1.54) is 0 Å². The lowest BCUT2D eigenvalue weighted by Crippen LogP contribution is -2.43. The molecule has 4 heteroatoms. The number of anilines is 1. The van der Waals surface area contributed by atoms with Crippen LogP contribution in [-0.4, -0.2) is 17.0 Å². The molecule has 0 saturated heterocycles. The summed E-state index contributed by atoms with van der Waals surface area (Å²) in [5.41, 5.74) is 1.80. The summed E-state index contributed by atoms with van der Waals surface area (Å²) in [6, 6.07) is 5.71. The fourth-order valence-electron chi connectivity index (χ4n) is 2.93. The summed E-state index contributed by atoms with van der Waals surface area (Å²) < 4.78 is 0. The number of fused-ring (bicyclic) bond motifs is 1. The Morgan fingerprint density at radius 2 is 2.06 bits per heavy atom. The number of hydrogen-bond acceptors (Lipinski definition) is 2. The lowest BCUT2D eigenvalue weighted by Gasteiger charge is -2.40. The van der Waals surface area contributed by atoms with E-state index in [9.17, 15) is 14.7 Å². The fraction of sp³-hybridized carbons (Fsp3) is 0.429. The zero-order chi connectivity index (χ0) is 12.8. The standard InChI is InChI=1S/C14H15NO3/c16-11-6-5-9-3-1-4-10(12(9)15-11)14(13(17)18)7-2-8-14/h1,3-4H,2,5-8H2,(H,15,16)(H,17,18). The van der Waals surface area contributed by atoms with Crippen molar-refractivity contribution in [3.05, 3.63) is 29.3 Å². The Balaban J connectivity index is 2.13. The molecule has 1 saturated carbocycles. The molecule has 18 heavy (non-hydrogen) atoms. The predicted molar refractivity (Wildman–Crippen MR) is 66.6 cm³/mol. The summed E-state index contributed by atoms with van der Waals surface area (Å²) in [7, 11) is 0. The van der Waals surface area contributed by atoms with Gasteiger partial charge in [-0.05, 0) is 30.4 Å². The van der Waals surface area contributed by atoms with Crippen molar-refractivity contribution in [2.24, 2.45) is 0 Å². The highest BCUT2D eigenvalue weighted by molar-refractivity contribution is 5.97. The van der Waals surface area contributed by atoms with Gasteiger partial charge < -0.3 is 10.4 Å². The minimum absolute atomic E-state index is 0.0187.